The van der Waals surface area contributed by atoms with Crippen molar-refractivity contribution in [3.63, 3.8) is 0 Å². The second-order valence-electron chi connectivity index (χ2n) is 7.33. The fourth-order valence-corrected chi connectivity index (χ4v) is 3.02. The minimum absolute atomic E-state index is 0. The summed E-state index contributed by atoms with van der Waals surface area (Å²) < 4.78 is 16.4. The van der Waals surface area contributed by atoms with E-state index in [-0.39, 0.29) is 42.0 Å². The molecule has 0 aliphatic carbocycles. The Labute approximate surface area is 196 Å². The molecule has 2 rings (SSSR count). The van der Waals surface area contributed by atoms with Crippen LogP contribution >= 0.6 is 24.0 Å². The largest absolute Gasteiger partial charge is 0.497 e. The predicted octanol–water partition coefficient (Wildman–Crippen LogP) is 1.67. The fourth-order valence-electron chi connectivity index (χ4n) is 3.02. The Kier molecular flexibility index (Phi) is 12.0. The molecule has 8 nitrogen and oxygen atoms in total. The molecular weight excluding hydrogens is 499 g/mol. The van der Waals surface area contributed by atoms with Crippen molar-refractivity contribution in [3.8, 4) is 5.75 Å². The Bertz CT molecular complexity index is 661. The van der Waals surface area contributed by atoms with Gasteiger partial charge in [0.2, 0.25) is 5.91 Å². The molecule has 1 aromatic rings. The first-order chi connectivity index (χ1) is 14.0. The number of likely N-dealkylation sites (N-methyl/N-ethyl adjacent to an activating group) is 1. The van der Waals surface area contributed by atoms with Crippen LogP contribution in [0.2, 0.25) is 0 Å². The van der Waals surface area contributed by atoms with Gasteiger partial charge >= 0.3 is 0 Å². The van der Waals surface area contributed by atoms with Gasteiger partial charge in [0.25, 0.3) is 0 Å². The number of hydrogen-bond acceptors (Lipinski definition) is 5. The number of carbonyl (C=O) groups is 1. The molecule has 1 aromatic carbocycles. The van der Waals surface area contributed by atoms with E-state index in [0.717, 1.165) is 25.0 Å². The van der Waals surface area contributed by atoms with Crippen LogP contribution in [0.4, 0.5) is 0 Å². The van der Waals surface area contributed by atoms with E-state index in [0.29, 0.717) is 32.3 Å². The molecule has 1 aliphatic rings. The van der Waals surface area contributed by atoms with Crippen LogP contribution in [-0.2, 0) is 20.7 Å². The highest BCUT2D eigenvalue weighted by atomic mass is 127. The Hall–Kier alpha value is -1.59. The van der Waals surface area contributed by atoms with E-state index in [2.05, 4.69) is 15.6 Å². The number of nitrogens with zero attached hydrogens (tertiary/aromatic N) is 2. The molecule has 1 saturated heterocycles. The van der Waals surface area contributed by atoms with Gasteiger partial charge in [0.05, 0.1) is 12.7 Å². The smallest absolute Gasteiger partial charge is 0.243 e. The lowest BCUT2D eigenvalue weighted by molar-refractivity contribution is -0.127. The molecule has 0 unspecified atom stereocenters. The number of rotatable bonds is 9. The van der Waals surface area contributed by atoms with E-state index < -0.39 is 0 Å². The van der Waals surface area contributed by atoms with Crippen LogP contribution in [-0.4, -0.2) is 83.5 Å². The van der Waals surface area contributed by atoms with Crippen LogP contribution in [0.25, 0.3) is 0 Å². The summed E-state index contributed by atoms with van der Waals surface area (Å²) in [7, 11) is 6.84. The van der Waals surface area contributed by atoms with E-state index >= 15 is 0 Å². The van der Waals surface area contributed by atoms with Crippen molar-refractivity contribution in [2.75, 3.05) is 61.2 Å². The van der Waals surface area contributed by atoms with Crippen LogP contribution in [0.1, 0.15) is 18.4 Å². The highest BCUT2D eigenvalue weighted by Gasteiger charge is 2.32. The normalized spacial score (nSPS) is 15.7. The SMILES string of the molecule is COc1ccc(CCNC(=NCC(=O)N(C)C)NCC2(OC)CCOCC2)cc1.I. The lowest BCUT2D eigenvalue weighted by Crippen LogP contribution is -2.51. The molecule has 2 N–H and O–H groups in total. The van der Waals surface area contributed by atoms with Crippen LogP contribution in [0.3, 0.4) is 0 Å². The number of aliphatic imine (C=N–C) groups is 1. The Balaban J connectivity index is 0.00000450. The van der Waals surface area contributed by atoms with Gasteiger partial charge in [-0.15, -0.1) is 24.0 Å². The van der Waals surface area contributed by atoms with Gasteiger partial charge in [0.15, 0.2) is 5.96 Å². The number of halogens is 1. The van der Waals surface area contributed by atoms with Crippen molar-refractivity contribution >= 4 is 35.8 Å². The van der Waals surface area contributed by atoms with Crippen molar-refractivity contribution in [3.05, 3.63) is 29.8 Å². The molecule has 1 fully saturated rings. The van der Waals surface area contributed by atoms with Gasteiger partial charge in [-0.1, -0.05) is 12.1 Å². The number of guanidine groups is 1. The quantitative estimate of drug-likeness (QED) is 0.285. The molecule has 30 heavy (non-hydrogen) atoms. The number of nitrogens with one attached hydrogen (secondary N) is 2. The minimum atomic E-state index is -0.276. The molecule has 0 saturated carbocycles. The first kappa shape index (κ1) is 26.4. The summed E-state index contributed by atoms with van der Waals surface area (Å²) in [4.78, 5) is 17.9. The standard InChI is InChI=1S/C21H34N4O4.HI/c1-25(2)19(26)15-23-20(24-16-21(28-4)10-13-29-14-11-21)22-12-9-17-5-7-18(27-3)8-6-17;/h5-8H,9-16H2,1-4H3,(H2,22,23,24);1H. The number of methoxy groups -OCH3 is 2. The molecular formula is C21H35IN4O4. The maximum atomic E-state index is 11.9. The summed E-state index contributed by atoms with van der Waals surface area (Å²) in [6.45, 7) is 2.76. The first-order valence-electron chi connectivity index (χ1n) is 9.96. The average molecular weight is 534 g/mol. The van der Waals surface area contributed by atoms with Gasteiger partial charge in [0.1, 0.15) is 12.3 Å². The topological polar surface area (TPSA) is 84.4 Å². The Morgan fingerprint density at radius 2 is 1.83 bits per heavy atom. The Morgan fingerprint density at radius 3 is 2.40 bits per heavy atom. The monoisotopic (exact) mass is 534 g/mol. The molecule has 170 valence electrons. The molecule has 0 bridgehead atoms. The third-order valence-electron chi connectivity index (χ3n) is 5.15. The van der Waals surface area contributed by atoms with E-state index in [1.807, 2.05) is 24.3 Å². The van der Waals surface area contributed by atoms with Crippen LogP contribution in [0.5, 0.6) is 5.75 Å². The number of benzene rings is 1. The van der Waals surface area contributed by atoms with Gasteiger partial charge in [-0.05, 0) is 24.1 Å². The van der Waals surface area contributed by atoms with Crippen LogP contribution < -0.4 is 15.4 Å². The molecule has 9 heteroatoms. The maximum Gasteiger partial charge on any atom is 0.243 e. The summed E-state index contributed by atoms with van der Waals surface area (Å²) >= 11 is 0. The van der Waals surface area contributed by atoms with E-state index in [1.165, 1.54) is 10.5 Å². The molecule has 0 radical (unpaired) electrons. The maximum absolute atomic E-state index is 11.9. The highest BCUT2D eigenvalue weighted by molar-refractivity contribution is 14.0. The molecule has 1 aliphatic heterocycles. The number of amides is 1. The zero-order chi connectivity index (χ0) is 21.1. The minimum Gasteiger partial charge on any atom is -0.497 e. The molecule has 0 aromatic heterocycles. The molecule has 1 heterocycles. The Morgan fingerprint density at radius 1 is 1.17 bits per heavy atom. The van der Waals surface area contributed by atoms with Gasteiger partial charge in [-0.2, -0.15) is 0 Å². The number of ether oxygens (including phenoxy) is 3. The summed E-state index contributed by atoms with van der Waals surface area (Å²) in [5.41, 5.74) is 0.919. The summed E-state index contributed by atoms with van der Waals surface area (Å²) in [5.74, 6) is 1.40. The summed E-state index contributed by atoms with van der Waals surface area (Å²) in [6.07, 6.45) is 2.48. The van der Waals surface area contributed by atoms with E-state index in [9.17, 15) is 4.79 Å². The molecule has 0 atom stereocenters. The average Bonchev–Trinajstić information content (AvgIpc) is 2.76. The van der Waals surface area contributed by atoms with Gasteiger partial charge in [0, 0.05) is 60.4 Å². The third kappa shape index (κ3) is 8.65. The van der Waals surface area contributed by atoms with Crippen LogP contribution in [0.15, 0.2) is 29.3 Å². The zero-order valence-corrected chi connectivity index (χ0v) is 20.7. The van der Waals surface area contributed by atoms with E-state index in [4.69, 9.17) is 14.2 Å². The van der Waals surface area contributed by atoms with Gasteiger partial charge < -0.3 is 29.7 Å². The lowest BCUT2D eigenvalue weighted by atomic mass is 9.94. The van der Waals surface area contributed by atoms with Gasteiger partial charge in [-0.25, -0.2) is 4.99 Å². The summed E-state index contributed by atoms with van der Waals surface area (Å²) in [6, 6.07) is 7.99. The second kappa shape index (κ2) is 13.7. The second-order valence-corrected chi connectivity index (χ2v) is 7.33. The first-order valence-corrected chi connectivity index (χ1v) is 9.96. The van der Waals surface area contributed by atoms with Crippen molar-refractivity contribution in [1.82, 2.24) is 15.5 Å². The van der Waals surface area contributed by atoms with Gasteiger partial charge in [-0.3, -0.25) is 4.79 Å². The lowest BCUT2D eigenvalue weighted by Gasteiger charge is -2.36. The van der Waals surface area contributed by atoms with Crippen molar-refractivity contribution in [2.45, 2.75) is 24.9 Å². The number of hydrogen-bond donors (Lipinski definition) is 2. The predicted molar refractivity (Wildman–Crippen MR) is 129 cm³/mol. The van der Waals surface area contributed by atoms with Crippen molar-refractivity contribution in [2.24, 2.45) is 4.99 Å². The summed E-state index contributed by atoms with van der Waals surface area (Å²) in [5, 5.41) is 6.67. The van der Waals surface area contributed by atoms with Crippen molar-refractivity contribution < 1.29 is 19.0 Å². The third-order valence-corrected chi connectivity index (χ3v) is 5.15. The van der Waals surface area contributed by atoms with E-state index in [1.54, 1.807) is 28.3 Å². The number of carbonyl (C=O) groups excluding carboxylic acids is 1. The molecule has 0 spiro atoms. The van der Waals surface area contributed by atoms with Crippen LogP contribution in [0, 0.1) is 0 Å². The molecule has 1 amide bonds. The highest BCUT2D eigenvalue weighted by Crippen LogP contribution is 2.23. The fraction of sp³-hybridized carbons (Fsp3) is 0.619. The van der Waals surface area contributed by atoms with Crippen molar-refractivity contribution in [1.29, 1.82) is 0 Å². The zero-order valence-electron chi connectivity index (χ0n) is 18.4.